The Balaban J connectivity index is 1.86. The van der Waals surface area contributed by atoms with E-state index in [0.717, 1.165) is 49.8 Å². The highest BCUT2D eigenvalue weighted by atomic mass is 32.2. The Labute approximate surface area is 152 Å². The van der Waals surface area contributed by atoms with Crippen LogP contribution < -0.4 is 4.74 Å². The van der Waals surface area contributed by atoms with Crippen LogP contribution in [0.5, 0.6) is 5.75 Å². The molecule has 140 valence electrons. The van der Waals surface area contributed by atoms with Crippen LogP contribution in [0.2, 0.25) is 0 Å². The molecule has 0 saturated carbocycles. The molecule has 6 heteroatoms. The summed E-state index contributed by atoms with van der Waals surface area (Å²) < 4.78 is 35.4. The van der Waals surface area contributed by atoms with E-state index in [2.05, 4.69) is 6.92 Å². The van der Waals surface area contributed by atoms with Crippen molar-refractivity contribution in [1.82, 2.24) is 8.61 Å². The van der Waals surface area contributed by atoms with Crippen LogP contribution in [0, 0.1) is 5.92 Å². The zero-order chi connectivity index (χ0) is 17.9. The van der Waals surface area contributed by atoms with Crippen LogP contribution in [0.25, 0.3) is 0 Å². The van der Waals surface area contributed by atoms with Gasteiger partial charge in [-0.2, -0.15) is 17.0 Å². The minimum absolute atomic E-state index is 0.0715. The molecule has 0 N–H and O–H groups in total. The minimum atomic E-state index is -3.41. The Morgan fingerprint density at radius 2 is 1.64 bits per heavy atom. The first-order valence-corrected chi connectivity index (χ1v) is 10.8. The summed E-state index contributed by atoms with van der Waals surface area (Å²) in [5.41, 5.74) is 1.07. The smallest absolute Gasteiger partial charge is 0.282 e. The molecular formula is C19H30N2O3S. The average Bonchev–Trinajstić information content (AvgIpc) is 2.89. The number of hydrogen-bond donors (Lipinski definition) is 0. The topological polar surface area (TPSA) is 49.9 Å². The van der Waals surface area contributed by atoms with Crippen LogP contribution >= 0.6 is 0 Å². The molecule has 2 aliphatic rings. The Bertz CT molecular complexity index is 652. The lowest BCUT2D eigenvalue weighted by molar-refractivity contribution is 0.245. The molecule has 2 fully saturated rings. The molecular weight excluding hydrogens is 336 g/mol. The van der Waals surface area contributed by atoms with Crippen molar-refractivity contribution in [2.75, 3.05) is 26.7 Å². The fraction of sp³-hybridized carbons (Fsp3) is 0.684. The minimum Gasteiger partial charge on any atom is -0.497 e. The highest BCUT2D eigenvalue weighted by Crippen LogP contribution is 2.35. The lowest BCUT2D eigenvalue weighted by atomic mass is 10.0. The van der Waals surface area contributed by atoms with Crippen molar-refractivity contribution in [1.29, 1.82) is 0 Å². The molecule has 0 amide bonds. The average molecular weight is 367 g/mol. The Morgan fingerprint density at radius 3 is 2.28 bits per heavy atom. The third kappa shape index (κ3) is 4.18. The number of ether oxygens (including phenoxy) is 1. The molecule has 25 heavy (non-hydrogen) atoms. The van der Waals surface area contributed by atoms with Crippen molar-refractivity contribution in [3.05, 3.63) is 29.8 Å². The van der Waals surface area contributed by atoms with Crippen molar-refractivity contribution in [2.24, 2.45) is 5.92 Å². The highest BCUT2D eigenvalue weighted by Gasteiger charge is 2.37. The fourth-order valence-corrected chi connectivity index (χ4v) is 5.76. The number of hydrogen-bond acceptors (Lipinski definition) is 3. The monoisotopic (exact) mass is 366 g/mol. The molecule has 3 rings (SSSR count). The van der Waals surface area contributed by atoms with E-state index in [1.54, 1.807) is 15.7 Å². The van der Waals surface area contributed by atoms with Crippen molar-refractivity contribution in [3.63, 3.8) is 0 Å². The van der Waals surface area contributed by atoms with E-state index in [9.17, 15) is 8.42 Å². The van der Waals surface area contributed by atoms with Crippen molar-refractivity contribution in [3.8, 4) is 5.75 Å². The van der Waals surface area contributed by atoms with E-state index in [1.807, 2.05) is 24.3 Å². The summed E-state index contributed by atoms with van der Waals surface area (Å²) in [6.45, 7) is 4.12. The van der Waals surface area contributed by atoms with Crippen LogP contribution in [0.1, 0.15) is 57.1 Å². The van der Waals surface area contributed by atoms with Gasteiger partial charge >= 0.3 is 0 Å². The second kappa shape index (κ2) is 8.06. The molecule has 1 aromatic rings. The van der Waals surface area contributed by atoms with Crippen molar-refractivity contribution >= 4 is 10.2 Å². The van der Waals surface area contributed by atoms with Gasteiger partial charge in [-0.05, 0) is 49.3 Å². The molecule has 5 nitrogen and oxygen atoms in total. The zero-order valence-corrected chi connectivity index (χ0v) is 16.2. The van der Waals surface area contributed by atoms with Gasteiger partial charge in [0, 0.05) is 19.6 Å². The Kier molecular flexibility index (Phi) is 6.02. The quantitative estimate of drug-likeness (QED) is 0.818. The summed E-state index contributed by atoms with van der Waals surface area (Å²) in [6, 6.07) is 7.80. The lowest BCUT2D eigenvalue weighted by Gasteiger charge is -2.37. The third-order valence-corrected chi connectivity index (χ3v) is 7.62. The van der Waals surface area contributed by atoms with E-state index >= 15 is 0 Å². The van der Waals surface area contributed by atoms with Gasteiger partial charge in [0.15, 0.2) is 0 Å². The molecule has 1 atom stereocenters. The maximum Gasteiger partial charge on any atom is 0.282 e. The highest BCUT2D eigenvalue weighted by molar-refractivity contribution is 7.86. The first kappa shape index (κ1) is 18.7. The maximum atomic E-state index is 13.3. The summed E-state index contributed by atoms with van der Waals surface area (Å²) in [5, 5.41) is 0. The SMILES string of the molecule is COc1ccc([C@@H]2CCCCCN2S(=O)(=O)N2CCC(C)CC2)cc1. The number of benzene rings is 1. The summed E-state index contributed by atoms with van der Waals surface area (Å²) in [7, 11) is -1.76. The van der Waals surface area contributed by atoms with Crippen LogP contribution in [0.4, 0.5) is 0 Å². The zero-order valence-electron chi connectivity index (χ0n) is 15.4. The fourth-order valence-electron chi connectivity index (χ4n) is 3.88. The van der Waals surface area contributed by atoms with Gasteiger partial charge in [0.1, 0.15) is 5.75 Å². The van der Waals surface area contributed by atoms with Gasteiger partial charge in [-0.3, -0.25) is 0 Å². The molecule has 2 heterocycles. The van der Waals surface area contributed by atoms with Gasteiger partial charge in [-0.25, -0.2) is 0 Å². The molecule has 2 saturated heterocycles. The number of nitrogens with zero attached hydrogens (tertiary/aromatic N) is 2. The van der Waals surface area contributed by atoms with E-state index < -0.39 is 10.2 Å². The standard InChI is InChI=1S/C19H30N2O3S/c1-16-11-14-20(15-12-16)25(22,23)21-13-5-3-4-6-19(21)17-7-9-18(24-2)10-8-17/h7-10,16,19H,3-6,11-15H2,1-2H3/t19-/m0/s1. The first-order chi connectivity index (χ1) is 12.0. The molecule has 2 aliphatic heterocycles. The maximum absolute atomic E-state index is 13.3. The summed E-state index contributed by atoms with van der Waals surface area (Å²) in [4.78, 5) is 0. The van der Waals surface area contributed by atoms with Gasteiger partial charge < -0.3 is 4.74 Å². The van der Waals surface area contributed by atoms with Gasteiger partial charge in [-0.1, -0.05) is 31.9 Å². The van der Waals surface area contributed by atoms with Gasteiger partial charge in [0.25, 0.3) is 10.2 Å². The molecule has 0 aromatic heterocycles. The first-order valence-electron chi connectivity index (χ1n) is 9.43. The van der Waals surface area contributed by atoms with E-state index in [4.69, 9.17) is 4.74 Å². The van der Waals surface area contributed by atoms with Crippen LogP contribution in [0.3, 0.4) is 0 Å². The molecule has 0 bridgehead atoms. The van der Waals surface area contributed by atoms with Crippen molar-refractivity contribution in [2.45, 2.75) is 51.5 Å². The molecule has 0 aliphatic carbocycles. The molecule has 0 spiro atoms. The normalized spacial score (nSPS) is 24.8. The van der Waals surface area contributed by atoms with Crippen LogP contribution in [0.15, 0.2) is 24.3 Å². The lowest BCUT2D eigenvalue weighted by Crippen LogP contribution is -2.48. The molecule has 0 unspecified atom stereocenters. The number of rotatable bonds is 4. The van der Waals surface area contributed by atoms with Gasteiger partial charge in [0.05, 0.1) is 13.2 Å². The van der Waals surface area contributed by atoms with Crippen LogP contribution in [-0.4, -0.2) is 43.8 Å². The number of methoxy groups -OCH3 is 1. The summed E-state index contributed by atoms with van der Waals surface area (Å²) in [6.07, 6.45) is 5.90. The Hall–Kier alpha value is -1.11. The number of piperidine rings is 1. The summed E-state index contributed by atoms with van der Waals surface area (Å²) in [5.74, 6) is 1.42. The van der Waals surface area contributed by atoms with Crippen molar-refractivity contribution < 1.29 is 13.2 Å². The molecule has 1 aromatic carbocycles. The predicted molar refractivity (Wildman–Crippen MR) is 99.8 cm³/mol. The second-order valence-electron chi connectivity index (χ2n) is 7.34. The summed E-state index contributed by atoms with van der Waals surface area (Å²) >= 11 is 0. The van der Waals surface area contributed by atoms with E-state index in [0.29, 0.717) is 25.6 Å². The van der Waals surface area contributed by atoms with Gasteiger partial charge in [0.2, 0.25) is 0 Å². The van der Waals surface area contributed by atoms with E-state index in [-0.39, 0.29) is 6.04 Å². The third-order valence-electron chi connectivity index (χ3n) is 5.57. The van der Waals surface area contributed by atoms with E-state index in [1.165, 1.54) is 0 Å². The van der Waals surface area contributed by atoms with Gasteiger partial charge in [-0.15, -0.1) is 0 Å². The second-order valence-corrected chi connectivity index (χ2v) is 9.22. The molecule has 0 radical (unpaired) electrons. The largest absolute Gasteiger partial charge is 0.497 e. The predicted octanol–water partition coefficient (Wildman–Crippen LogP) is 3.59. The van der Waals surface area contributed by atoms with Crippen LogP contribution in [-0.2, 0) is 10.2 Å². The Morgan fingerprint density at radius 1 is 0.960 bits per heavy atom.